The minimum atomic E-state index is -0.0312. The van der Waals surface area contributed by atoms with Crippen LogP contribution < -0.4 is 0 Å². The number of aryl methyl sites for hydroxylation is 1. The number of hydrogen-bond acceptors (Lipinski definition) is 3. The lowest BCUT2D eigenvalue weighted by Gasteiger charge is -2.20. The predicted molar refractivity (Wildman–Crippen MR) is 153 cm³/mol. The Kier molecular flexibility index (Phi) is 6.31. The minimum Gasteiger partial charge on any atom is -0.507 e. The van der Waals surface area contributed by atoms with Crippen LogP contribution in [0.4, 0.5) is 0 Å². The van der Waals surface area contributed by atoms with Crippen LogP contribution in [-0.4, -0.2) is 15.2 Å². The van der Waals surface area contributed by atoms with Crippen molar-refractivity contribution in [2.24, 2.45) is 0 Å². The highest BCUT2D eigenvalue weighted by Crippen LogP contribution is 2.37. The van der Waals surface area contributed by atoms with E-state index < -0.39 is 0 Å². The molecule has 184 valence electrons. The average Bonchev–Trinajstić information content (AvgIpc) is 2.89. The molecule has 5 rings (SSSR count). The smallest absolute Gasteiger partial charge is 0.124 e. The van der Waals surface area contributed by atoms with Gasteiger partial charge >= 0.3 is 0 Å². The molecule has 0 saturated heterocycles. The first-order valence-electron chi connectivity index (χ1n) is 12.5. The first kappa shape index (κ1) is 24.3. The fourth-order valence-corrected chi connectivity index (χ4v) is 4.50. The summed E-state index contributed by atoms with van der Waals surface area (Å²) in [5.74, 6) is 0.445. The molecule has 4 aromatic carbocycles. The third kappa shape index (κ3) is 5.12. The molecule has 37 heavy (non-hydrogen) atoms. The molecular formula is C34H31NO2. The fraction of sp³-hybridized carbons (Fsp3) is 0.147. The Morgan fingerprint density at radius 2 is 1.22 bits per heavy atom. The zero-order valence-corrected chi connectivity index (χ0v) is 21.7. The molecule has 0 radical (unpaired) electrons. The Morgan fingerprint density at radius 1 is 0.541 bits per heavy atom. The van der Waals surface area contributed by atoms with Gasteiger partial charge in [-0.15, -0.1) is 0 Å². The second-order valence-corrected chi connectivity index (χ2v) is 10.6. The second-order valence-electron chi connectivity index (χ2n) is 10.6. The largest absolute Gasteiger partial charge is 0.507 e. The van der Waals surface area contributed by atoms with E-state index in [1.54, 1.807) is 12.1 Å². The first-order valence-corrected chi connectivity index (χ1v) is 12.5. The number of phenols is 2. The number of nitrogens with zero attached hydrogens (tertiary/aromatic N) is 1. The number of rotatable bonds is 4. The Morgan fingerprint density at radius 3 is 1.95 bits per heavy atom. The van der Waals surface area contributed by atoms with E-state index in [0.717, 1.165) is 39.1 Å². The number of para-hydroxylation sites is 1. The van der Waals surface area contributed by atoms with E-state index in [1.165, 1.54) is 5.56 Å². The number of phenolic OH excluding ortho intramolecular Hbond substituents is 2. The molecule has 0 aliphatic rings. The maximum Gasteiger partial charge on any atom is 0.124 e. The molecule has 2 N–H and O–H groups in total. The van der Waals surface area contributed by atoms with Gasteiger partial charge in [-0.2, -0.15) is 0 Å². The topological polar surface area (TPSA) is 53.4 Å². The van der Waals surface area contributed by atoms with Gasteiger partial charge in [0, 0.05) is 16.7 Å². The fourth-order valence-electron chi connectivity index (χ4n) is 4.50. The summed E-state index contributed by atoms with van der Waals surface area (Å²) in [7, 11) is 0. The van der Waals surface area contributed by atoms with Crippen molar-refractivity contribution in [2.75, 3.05) is 0 Å². The first-order chi connectivity index (χ1) is 17.7. The van der Waals surface area contributed by atoms with E-state index >= 15 is 0 Å². The van der Waals surface area contributed by atoms with Crippen LogP contribution in [-0.2, 0) is 5.41 Å². The molecule has 0 amide bonds. The summed E-state index contributed by atoms with van der Waals surface area (Å²) in [6.45, 7) is 8.58. The van der Waals surface area contributed by atoms with Crippen molar-refractivity contribution in [2.45, 2.75) is 33.1 Å². The highest BCUT2D eigenvalue weighted by Gasteiger charge is 2.17. The summed E-state index contributed by atoms with van der Waals surface area (Å²) < 4.78 is 0. The molecule has 0 unspecified atom stereocenters. The Labute approximate surface area is 218 Å². The second kappa shape index (κ2) is 9.59. The molecule has 0 bridgehead atoms. The zero-order chi connectivity index (χ0) is 26.2. The van der Waals surface area contributed by atoms with Crippen LogP contribution in [0.15, 0.2) is 103 Å². The molecule has 5 aromatic rings. The van der Waals surface area contributed by atoms with Gasteiger partial charge in [-0.05, 0) is 77.1 Å². The normalized spacial score (nSPS) is 11.5. The molecule has 1 aromatic heterocycles. The van der Waals surface area contributed by atoms with Crippen LogP contribution in [0.2, 0.25) is 0 Å². The summed E-state index contributed by atoms with van der Waals surface area (Å²) in [4.78, 5) is 4.97. The summed E-state index contributed by atoms with van der Waals surface area (Å²) in [5.41, 5.74) is 9.26. The molecule has 0 atom stereocenters. The lowest BCUT2D eigenvalue weighted by molar-refractivity contribution is 0.476. The Balaban J connectivity index is 1.67. The molecule has 0 fully saturated rings. The predicted octanol–water partition coefficient (Wildman–Crippen LogP) is 8.77. The summed E-state index contributed by atoms with van der Waals surface area (Å²) >= 11 is 0. The van der Waals surface area contributed by atoms with Crippen molar-refractivity contribution in [3.8, 4) is 56.3 Å². The molecule has 3 heteroatoms. The lowest BCUT2D eigenvalue weighted by Crippen LogP contribution is -2.10. The van der Waals surface area contributed by atoms with Crippen molar-refractivity contribution in [1.29, 1.82) is 0 Å². The lowest BCUT2D eigenvalue weighted by atomic mass is 9.85. The van der Waals surface area contributed by atoms with Gasteiger partial charge in [0.05, 0.1) is 11.4 Å². The molecule has 0 aliphatic heterocycles. The zero-order valence-electron chi connectivity index (χ0n) is 21.7. The van der Waals surface area contributed by atoms with E-state index in [2.05, 4.69) is 70.2 Å². The average molecular weight is 486 g/mol. The van der Waals surface area contributed by atoms with Gasteiger partial charge < -0.3 is 10.2 Å². The summed E-state index contributed by atoms with van der Waals surface area (Å²) in [6, 6.07) is 33.7. The van der Waals surface area contributed by atoms with E-state index in [0.29, 0.717) is 11.3 Å². The van der Waals surface area contributed by atoms with Crippen LogP contribution in [0, 0.1) is 6.92 Å². The van der Waals surface area contributed by atoms with Crippen LogP contribution >= 0.6 is 0 Å². The van der Waals surface area contributed by atoms with E-state index in [4.69, 9.17) is 4.98 Å². The molecular weight excluding hydrogens is 454 g/mol. The Hall–Kier alpha value is -4.37. The molecule has 0 saturated carbocycles. The minimum absolute atomic E-state index is 0.0312. The molecule has 0 aliphatic carbocycles. The van der Waals surface area contributed by atoms with Crippen LogP contribution in [0.1, 0.15) is 31.9 Å². The number of aromatic nitrogens is 1. The van der Waals surface area contributed by atoms with Crippen LogP contribution in [0.3, 0.4) is 0 Å². The standard InChI is InChI=1S/C34H31NO2/c1-22-12-14-23(15-13-22)26-19-30(35-31(20-26)28-10-5-6-11-32(28)36)25-9-7-8-24(18-25)29-21-27(34(2,3)4)16-17-33(29)37/h5-21,36-37H,1-4H3. The van der Waals surface area contributed by atoms with Gasteiger partial charge in [0.1, 0.15) is 11.5 Å². The maximum atomic E-state index is 10.7. The number of hydrogen-bond donors (Lipinski definition) is 2. The Bertz CT molecular complexity index is 1580. The number of aromatic hydroxyl groups is 2. The molecule has 1 heterocycles. The number of pyridine rings is 1. The van der Waals surface area contributed by atoms with E-state index in [1.807, 2.05) is 48.5 Å². The molecule has 3 nitrogen and oxygen atoms in total. The maximum absolute atomic E-state index is 10.7. The quantitative estimate of drug-likeness (QED) is 0.267. The van der Waals surface area contributed by atoms with Gasteiger partial charge in [0.2, 0.25) is 0 Å². The van der Waals surface area contributed by atoms with Gasteiger partial charge in [0.15, 0.2) is 0 Å². The van der Waals surface area contributed by atoms with Crippen LogP contribution in [0.5, 0.6) is 11.5 Å². The van der Waals surface area contributed by atoms with Gasteiger partial charge in [-0.3, -0.25) is 0 Å². The van der Waals surface area contributed by atoms with Crippen molar-refractivity contribution < 1.29 is 10.2 Å². The summed E-state index contributed by atoms with van der Waals surface area (Å²) in [6.07, 6.45) is 0. The van der Waals surface area contributed by atoms with Gasteiger partial charge in [0.25, 0.3) is 0 Å². The van der Waals surface area contributed by atoms with E-state index in [-0.39, 0.29) is 16.9 Å². The van der Waals surface area contributed by atoms with Crippen molar-refractivity contribution in [1.82, 2.24) is 4.98 Å². The van der Waals surface area contributed by atoms with E-state index in [9.17, 15) is 10.2 Å². The third-order valence-corrected chi connectivity index (χ3v) is 6.72. The third-order valence-electron chi connectivity index (χ3n) is 6.72. The summed E-state index contributed by atoms with van der Waals surface area (Å²) in [5, 5.41) is 21.3. The van der Waals surface area contributed by atoms with Crippen molar-refractivity contribution in [3.63, 3.8) is 0 Å². The highest BCUT2D eigenvalue weighted by molar-refractivity contribution is 5.81. The SMILES string of the molecule is Cc1ccc(-c2cc(-c3cccc(-c4cc(C(C)(C)C)ccc4O)c3)nc(-c3ccccc3O)c2)cc1. The van der Waals surface area contributed by atoms with Crippen molar-refractivity contribution in [3.05, 3.63) is 114 Å². The monoisotopic (exact) mass is 485 g/mol. The highest BCUT2D eigenvalue weighted by atomic mass is 16.3. The molecule has 0 spiro atoms. The van der Waals surface area contributed by atoms with Crippen LogP contribution in [0.25, 0.3) is 44.8 Å². The van der Waals surface area contributed by atoms with Gasteiger partial charge in [-0.25, -0.2) is 4.98 Å². The van der Waals surface area contributed by atoms with Crippen molar-refractivity contribution >= 4 is 0 Å². The van der Waals surface area contributed by atoms with Gasteiger partial charge in [-0.1, -0.05) is 87.0 Å². The number of benzene rings is 4.